The molecular formula is C13H21ClN2OS. The molecule has 2 heterocycles. The maximum Gasteiger partial charge on any atom is 0.0931 e. The van der Waals surface area contributed by atoms with Gasteiger partial charge in [0.1, 0.15) is 0 Å². The fourth-order valence-electron chi connectivity index (χ4n) is 2.29. The van der Waals surface area contributed by atoms with Gasteiger partial charge in [-0.15, -0.1) is 11.3 Å². The molecule has 1 aromatic heterocycles. The van der Waals surface area contributed by atoms with Crippen LogP contribution in [0.1, 0.15) is 17.7 Å². The molecule has 0 bridgehead atoms. The second-order valence-electron chi connectivity index (χ2n) is 4.82. The van der Waals surface area contributed by atoms with Crippen LogP contribution in [0.2, 0.25) is 4.34 Å². The minimum atomic E-state index is -0.255. The monoisotopic (exact) mass is 288 g/mol. The van der Waals surface area contributed by atoms with Crippen LogP contribution in [0.5, 0.6) is 0 Å². The third-order valence-electron chi connectivity index (χ3n) is 3.22. The van der Waals surface area contributed by atoms with Gasteiger partial charge in [0.05, 0.1) is 10.4 Å². The Balaban J connectivity index is 1.54. The Labute approximate surface area is 118 Å². The van der Waals surface area contributed by atoms with Gasteiger partial charge in [-0.05, 0) is 44.5 Å². The van der Waals surface area contributed by atoms with E-state index in [-0.39, 0.29) is 6.10 Å². The van der Waals surface area contributed by atoms with E-state index in [1.807, 2.05) is 6.07 Å². The maximum absolute atomic E-state index is 9.89. The molecule has 0 aromatic carbocycles. The van der Waals surface area contributed by atoms with Gasteiger partial charge in [-0.25, -0.2) is 0 Å². The van der Waals surface area contributed by atoms with Crippen molar-refractivity contribution in [1.29, 1.82) is 0 Å². The number of nitrogens with one attached hydrogen (secondary N) is 1. The summed E-state index contributed by atoms with van der Waals surface area (Å²) in [6.07, 6.45) is 3.28. The Hall–Kier alpha value is -0.130. The first-order chi connectivity index (χ1) is 8.74. The number of aliphatic hydroxyl groups is 1. The molecule has 2 N–H and O–H groups in total. The van der Waals surface area contributed by atoms with Gasteiger partial charge in [0.25, 0.3) is 0 Å². The lowest BCUT2D eigenvalue weighted by molar-refractivity contribution is 0.124. The number of nitrogens with zero attached hydrogens (tertiary/aromatic N) is 1. The molecule has 0 amide bonds. The summed E-state index contributed by atoms with van der Waals surface area (Å²) in [4.78, 5) is 3.63. The van der Waals surface area contributed by atoms with Crippen LogP contribution in [0.3, 0.4) is 0 Å². The van der Waals surface area contributed by atoms with Crippen LogP contribution in [0.15, 0.2) is 12.1 Å². The van der Waals surface area contributed by atoms with Crippen molar-refractivity contribution in [2.45, 2.75) is 25.4 Å². The van der Waals surface area contributed by atoms with Crippen LogP contribution in [0.4, 0.5) is 0 Å². The van der Waals surface area contributed by atoms with Gasteiger partial charge in [-0.1, -0.05) is 11.6 Å². The molecule has 5 heteroatoms. The van der Waals surface area contributed by atoms with E-state index in [2.05, 4.69) is 16.3 Å². The molecule has 0 saturated carbocycles. The minimum Gasteiger partial charge on any atom is -0.390 e. The highest BCUT2D eigenvalue weighted by atomic mass is 35.5. The average Bonchev–Trinajstić information content (AvgIpc) is 2.96. The summed E-state index contributed by atoms with van der Waals surface area (Å²) in [7, 11) is 0. The Kier molecular flexibility index (Phi) is 5.92. The van der Waals surface area contributed by atoms with E-state index in [9.17, 15) is 5.11 Å². The molecular weight excluding hydrogens is 268 g/mol. The SMILES string of the molecule is OC(CNCCc1ccc(Cl)s1)CN1CCCC1. The van der Waals surface area contributed by atoms with Crippen molar-refractivity contribution in [1.82, 2.24) is 10.2 Å². The molecule has 0 radical (unpaired) electrons. The fourth-order valence-corrected chi connectivity index (χ4v) is 3.38. The maximum atomic E-state index is 9.89. The van der Waals surface area contributed by atoms with Crippen LogP contribution in [0, 0.1) is 0 Å². The molecule has 3 nitrogen and oxygen atoms in total. The van der Waals surface area contributed by atoms with Gasteiger partial charge in [0, 0.05) is 24.5 Å². The van der Waals surface area contributed by atoms with E-state index in [1.165, 1.54) is 17.7 Å². The zero-order valence-corrected chi connectivity index (χ0v) is 12.1. The Bertz CT molecular complexity index is 353. The molecule has 0 spiro atoms. The lowest BCUT2D eigenvalue weighted by Crippen LogP contribution is -2.37. The summed E-state index contributed by atoms with van der Waals surface area (Å²) in [5.41, 5.74) is 0. The van der Waals surface area contributed by atoms with Gasteiger partial charge in [-0.2, -0.15) is 0 Å². The zero-order chi connectivity index (χ0) is 12.8. The molecule has 2 rings (SSSR count). The first-order valence-corrected chi connectivity index (χ1v) is 7.79. The quantitative estimate of drug-likeness (QED) is 0.753. The lowest BCUT2D eigenvalue weighted by atomic mass is 10.3. The highest BCUT2D eigenvalue weighted by molar-refractivity contribution is 7.16. The van der Waals surface area contributed by atoms with Gasteiger partial charge in [-0.3, -0.25) is 0 Å². The van der Waals surface area contributed by atoms with E-state index in [0.29, 0.717) is 6.54 Å². The minimum absolute atomic E-state index is 0.255. The van der Waals surface area contributed by atoms with Crippen molar-refractivity contribution < 1.29 is 5.11 Å². The standard InChI is InChI=1S/C13H21ClN2OS/c14-13-4-3-12(18-13)5-6-15-9-11(17)10-16-7-1-2-8-16/h3-4,11,15,17H,1-2,5-10H2. The predicted octanol–water partition coefficient (Wildman–Crippen LogP) is 1.99. The third-order valence-corrected chi connectivity index (χ3v) is 4.52. The van der Waals surface area contributed by atoms with E-state index in [0.717, 1.165) is 36.9 Å². The summed E-state index contributed by atoms with van der Waals surface area (Å²) in [6, 6.07) is 4.00. The van der Waals surface area contributed by atoms with E-state index in [4.69, 9.17) is 11.6 Å². The lowest BCUT2D eigenvalue weighted by Gasteiger charge is -2.19. The Morgan fingerprint density at radius 3 is 2.83 bits per heavy atom. The molecule has 0 aliphatic carbocycles. The molecule has 18 heavy (non-hydrogen) atoms. The number of rotatable bonds is 7. The Morgan fingerprint density at radius 2 is 2.17 bits per heavy atom. The van der Waals surface area contributed by atoms with Gasteiger partial charge in [0.2, 0.25) is 0 Å². The number of hydrogen-bond donors (Lipinski definition) is 2. The van der Waals surface area contributed by atoms with Crippen molar-refractivity contribution in [3.8, 4) is 0 Å². The van der Waals surface area contributed by atoms with Gasteiger partial charge < -0.3 is 15.3 Å². The number of β-amino-alcohol motifs (C(OH)–C–C–N with tert-alkyl or cyclic N) is 1. The summed E-state index contributed by atoms with van der Waals surface area (Å²) >= 11 is 7.50. The molecule has 1 saturated heterocycles. The first kappa shape index (κ1) is 14.3. The van der Waals surface area contributed by atoms with Crippen molar-refractivity contribution in [2.24, 2.45) is 0 Å². The molecule has 1 aliphatic heterocycles. The molecule has 1 aromatic rings. The van der Waals surface area contributed by atoms with Crippen LogP contribution < -0.4 is 5.32 Å². The predicted molar refractivity (Wildman–Crippen MR) is 77.6 cm³/mol. The van der Waals surface area contributed by atoms with Gasteiger partial charge >= 0.3 is 0 Å². The molecule has 1 aliphatic rings. The number of halogens is 1. The van der Waals surface area contributed by atoms with Crippen LogP contribution in [0.25, 0.3) is 0 Å². The van der Waals surface area contributed by atoms with Crippen LogP contribution in [-0.2, 0) is 6.42 Å². The largest absolute Gasteiger partial charge is 0.390 e. The average molecular weight is 289 g/mol. The second-order valence-corrected chi connectivity index (χ2v) is 6.62. The number of thiophene rings is 1. The van der Waals surface area contributed by atoms with Gasteiger partial charge in [0.15, 0.2) is 0 Å². The Morgan fingerprint density at radius 1 is 1.39 bits per heavy atom. The summed E-state index contributed by atoms with van der Waals surface area (Å²) < 4.78 is 0.846. The smallest absolute Gasteiger partial charge is 0.0931 e. The number of aliphatic hydroxyl groups excluding tert-OH is 1. The molecule has 1 unspecified atom stereocenters. The summed E-state index contributed by atoms with van der Waals surface area (Å²) in [6.45, 7) is 4.66. The fraction of sp³-hybridized carbons (Fsp3) is 0.692. The summed E-state index contributed by atoms with van der Waals surface area (Å²) in [5.74, 6) is 0. The van der Waals surface area contributed by atoms with E-state index in [1.54, 1.807) is 11.3 Å². The van der Waals surface area contributed by atoms with Crippen LogP contribution in [-0.4, -0.2) is 48.8 Å². The molecule has 102 valence electrons. The topological polar surface area (TPSA) is 35.5 Å². The second kappa shape index (κ2) is 7.46. The van der Waals surface area contributed by atoms with Crippen molar-refractivity contribution in [3.63, 3.8) is 0 Å². The highest BCUT2D eigenvalue weighted by Gasteiger charge is 2.15. The van der Waals surface area contributed by atoms with Crippen molar-refractivity contribution in [2.75, 3.05) is 32.7 Å². The molecule has 1 atom stereocenters. The number of likely N-dealkylation sites (tertiary alicyclic amines) is 1. The first-order valence-electron chi connectivity index (χ1n) is 6.59. The van der Waals surface area contributed by atoms with Crippen molar-refractivity contribution in [3.05, 3.63) is 21.3 Å². The highest BCUT2D eigenvalue weighted by Crippen LogP contribution is 2.21. The van der Waals surface area contributed by atoms with Crippen LogP contribution >= 0.6 is 22.9 Å². The van der Waals surface area contributed by atoms with Crippen molar-refractivity contribution >= 4 is 22.9 Å². The molecule has 1 fully saturated rings. The third kappa shape index (κ3) is 4.86. The van der Waals surface area contributed by atoms with E-state index < -0.39 is 0 Å². The zero-order valence-electron chi connectivity index (χ0n) is 10.6. The normalized spacial score (nSPS) is 18.3. The number of hydrogen-bond acceptors (Lipinski definition) is 4. The van der Waals surface area contributed by atoms with E-state index >= 15 is 0 Å². The summed E-state index contributed by atoms with van der Waals surface area (Å²) in [5, 5.41) is 13.2.